The van der Waals surface area contributed by atoms with Crippen molar-refractivity contribution in [3.05, 3.63) is 42.5 Å². The molecule has 2 aromatic rings. The number of hydrogen-bond donors (Lipinski definition) is 1. The zero-order valence-corrected chi connectivity index (χ0v) is 15.6. The number of rotatable bonds is 3. The number of thiazole rings is 1. The lowest BCUT2D eigenvalue weighted by molar-refractivity contribution is 0.310. The van der Waals surface area contributed by atoms with Gasteiger partial charge in [0.2, 0.25) is 0 Å². The molecule has 0 aromatic carbocycles. The van der Waals surface area contributed by atoms with Crippen LogP contribution in [-0.2, 0) is 13.6 Å². The molecule has 25 heavy (non-hydrogen) atoms. The molecule has 134 valence electrons. The van der Waals surface area contributed by atoms with Crippen LogP contribution in [0, 0.1) is 25.7 Å². The summed E-state index contributed by atoms with van der Waals surface area (Å²) < 4.78 is 1.10. The number of H-pyrrole nitrogens is 1. The van der Waals surface area contributed by atoms with Crippen LogP contribution in [0.3, 0.4) is 0 Å². The molecule has 2 aromatic heterocycles. The van der Waals surface area contributed by atoms with Crippen LogP contribution in [0.15, 0.2) is 15.7 Å². The summed E-state index contributed by atoms with van der Waals surface area (Å²) in [7, 11) is 1.49. The van der Waals surface area contributed by atoms with Gasteiger partial charge in [-0.2, -0.15) is 0 Å². The van der Waals surface area contributed by atoms with Gasteiger partial charge in [0, 0.05) is 50.7 Å². The van der Waals surface area contributed by atoms with Gasteiger partial charge in [-0.05, 0) is 25.7 Å². The lowest BCUT2D eigenvalue weighted by atomic mass is 10.0. The van der Waals surface area contributed by atoms with Crippen molar-refractivity contribution in [3.63, 3.8) is 0 Å². The van der Waals surface area contributed by atoms with Crippen molar-refractivity contribution in [2.24, 2.45) is 18.9 Å². The molecular formula is C17H23N5O2S. The maximum atomic E-state index is 11.9. The fourth-order valence-electron chi connectivity index (χ4n) is 4.05. The predicted molar refractivity (Wildman–Crippen MR) is 98.4 cm³/mol. The van der Waals surface area contributed by atoms with Crippen LogP contribution >= 0.6 is 11.3 Å². The quantitative estimate of drug-likeness (QED) is 0.872. The molecule has 2 fully saturated rings. The topological polar surface area (TPSA) is 74.2 Å². The normalized spacial score (nSPS) is 23.4. The van der Waals surface area contributed by atoms with Crippen molar-refractivity contribution in [1.82, 2.24) is 19.4 Å². The highest BCUT2D eigenvalue weighted by atomic mass is 32.1. The summed E-state index contributed by atoms with van der Waals surface area (Å²) in [6.45, 7) is 9.04. The first kappa shape index (κ1) is 16.5. The van der Waals surface area contributed by atoms with Crippen LogP contribution in [0.25, 0.3) is 0 Å². The van der Waals surface area contributed by atoms with E-state index < -0.39 is 0 Å². The van der Waals surface area contributed by atoms with Crippen LogP contribution in [0.5, 0.6) is 0 Å². The maximum Gasteiger partial charge on any atom is 0.329 e. The van der Waals surface area contributed by atoms with E-state index in [4.69, 9.17) is 0 Å². The Kier molecular flexibility index (Phi) is 4.04. The molecule has 0 bridgehead atoms. The van der Waals surface area contributed by atoms with Crippen LogP contribution in [-0.4, -0.2) is 45.6 Å². The van der Waals surface area contributed by atoms with E-state index in [-0.39, 0.29) is 11.2 Å². The average Bonchev–Trinajstić information content (AvgIpc) is 3.18. The number of aromatic amines is 1. The number of hydrogen-bond acceptors (Lipinski definition) is 6. The van der Waals surface area contributed by atoms with Crippen molar-refractivity contribution in [1.29, 1.82) is 0 Å². The van der Waals surface area contributed by atoms with Gasteiger partial charge in [-0.25, -0.2) is 9.78 Å². The first-order valence-electron chi connectivity index (χ1n) is 8.61. The highest BCUT2D eigenvalue weighted by Gasteiger charge is 2.40. The lowest BCUT2D eigenvalue weighted by Crippen LogP contribution is -2.36. The van der Waals surface area contributed by atoms with Crippen molar-refractivity contribution in [3.8, 4) is 0 Å². The van der Waals surface area contributed by atoms with E-state index >= 15 is 0 Å². The molecule has 0 saturated carbocycles. The van der Waals surface area contributed by atoms with Gasteiger partial charge in [0.1, 0.15) is 5.82 Å². The van der Waals surface area contributed by atoms with Gasteiger partial charge in [0.05, 0.1) is 10.7 Å². The Labute approximate surface area is 149 Å². The Morgan fingerprint density at radius 3 is 2.44 bits per heavy atom. The molecule has 2 saturated heterocycles. The zero-order valence-electron chi connectivity index (χ0n) is 14.8. The Hall–Kier alpha value is -1.93. The highest BCUT2D eigenvalue weighted by molar-refractivity contribution is 7.11. The molecule has 2 unspecified atom stereocenters. The van der Waals surface area contributed by atoms with Gasteiger partial charge in [-0.1, -0.05) is 0 Å². The van der Waals surface area contributed by atoms with Gasteiger partial charge < -0.3 is 4.90 Å². The molecule has 7 nitrogen and oxygen atoms in total. The first-order chi connectivity index (χ1) is 11.9. The Morgan fingerprint density at radius 2 is 1.88 bits per heavy atom. The number of anilines is 1. The molecule has 8 heteroatoms. The van der Waals surface area contributed by atoms with E-state index in [1.807, 2.05) is 0 Å². The monoisotopic (exact) mass is 361 g/mol. The third-order valence-electron chi connectivity index (χ3n) is 5.40. The largest absolute Gasteiger partial charge is 0.357 e. The molecule has 0 spiro atoms. The summed E-state index contributed by atoms with van der Waals surface area (Å²) >= 11 is 1.79. The van der Waals surface area contributed by atoms with Crippen LogP contribution in [0.4, 0.5) is 5.82 Å². The molecule has 4 rings (SSSR count). The smallest absolute Gasteiger partial charge is 0.329 e. The van der Waals surface area contributed by atoms with Gasteiger partial charge in [0.15, 0.2) is 0 Å². The Balaban J connectivity index is 1.43. The lowest BCUT2D eigenvalue weighted by Gasteiger charge is -2.22. The van der Waals surface area contributed by atoms with E-state index in [0.29, 0.717) is 17.7 Å². The number of aryl methyl sites for hydroxylation is 2. The number of nitrogens with zero attached hydrogens (tertiary/aromatic N) is 4. The molecule has 0 amide bonds. The number of nitrogens with one attached hydrogen (secondary N) is 1. The Morgan fingerprint density at radius 1 is 1.20 bits per heavy atom. The van der Waals surface area contributed by atoms with Crippen molar-refractivity contribution in [2.75, 3.05) is 31.1 Å². The van der Waals surface area contributed by atoms with Crippen LogP contribution in [0.1, 0.15) is 15.6 Å². The van der Waals surface area contributed by atoms with Gasteiger partial charge in [-0.3, -0.25) is 19.2 Å². The third kappa shape index (κ3) is 3.04. The van der Waals surface area contributed by atoms with E-state index in [9.17, 15) is 9.59 Å². The van der Waals surface area contributed by atoms with Crippen LogP contribution in [0.2, 0.25) is 0 Å². The minimum atomic E-state index is -0.350. The third-order valence-corrected chi connectivity index (χ3v) is 6.46. The van der Waals surface area contributed by atoms with Crippen LogP contribution < -0.4 is 16.1 Å². The van der Waals surface area contributed by atoms with Gasteiger partial charge >= 0.3 is 5.69 Å². The highest BCUT2D eigenvalue weighted by Crippen LogP contribution is 2.34. The number of likely N-dealkylation sites (tertiary alicyclic amines) is 1. The molecule has 0 radical (unpaired) electrons. The fraction of sp³-hybridized carbons (Fsp3) is 0.588. The molecule has 1 N–H and O–H groups in total. The summed E-state index contributed by atoms with van der Waals surface area (Å²) in [5.41, 5.74) is 0.546. The maximum absolute atomic E-state index is 11.9. The van der Waals surface area contributed by atoms with Crippen molar-refractivity contribution < 1.29 is 0 Å². The Bertz CT molecular complexity index is 869. The molecular weight excluding hydrogens is 338 g/mol. The van der Waals surface area contributed by atoms with E-state index in [0.717, 1.165) is 48.0 Å². The second-order valence-electron chi connectivity index (χ2n) is 7.22. The number of aromatic nitrogens is 3. The predicted octanol–water partition coefficient (Wildman–Crippen LogP) is 0.715. The molecule has 2 aliphatic heterocycles. The molecule has 0 aliphatic carbocycles. The van der Waals surface area contributed by atoms with E-state index in [1.165, 1.54) is 18.0 Å². The van der Waals surface area contributed by atoms with Gasteiger partial charge in [0.25, 0.3) is 5.56 Å². The first-order valence-corrected chi connectivity index (χ1v) is 9.43. The SMILES string of the molecule is Cc1nc(C)c(CN2CC3CN(c4cc(=O)n(C)c(=O)[nH]4)CC3C2)s1. The molecule has 2 atom stereocenters. The van der Waals surface area contributed by atoms with Crippen molar-refractivity contribution >= 4 is 17.2 Å². The second kappa shape index (κ2) is 6.10. The summed E-state index contributed by atoms with van der Waals surface area (Å²) in [5, 5.41) is 1.13. The summed E-state index contributed by atoms with van der Waals surface area (Å²) in [6.07, 6.45) is 0. The summed E-state index contributed by atoms with van der Waals surface area (Å²) in [5.74, 6) is 1.83. The minimum Gasteiger partial charge on any atom is -0.357 e. The fourth-order valence-corrected chi connectivity index (χ4v) is 5.03. The minimum absolute atomic E-state index is 0.256. The number of fused-ring (bicyclic) bond motifs is 1. The van der Waals surface area contributed by atoms with Crippen molar-refractivity contribution in [2.45, 2.75) is 20.4 Å². The van der Waals surface area contributed by atoms with Gasteiger partial charge in [-0.15, -0.1) is 11.3 Å². The van der Waals surface area contributed by atoms with E-state index in [1.54, 1.807) is 11.3 Å². The standard InChI is InChI=1S/C17H23N5O2S/c1-10-14(25-11(2)18-10)9-21-5-12-7-22(8-13(12)6-21)15-4-16(23)20(3)17(24)19-15/h4,12-13H,5-9H2,1-3H3,(H,19,24). The summed E-state index contributed by atoms with van der Waals surface area (Å²) in [6, 6.07) is 1.53. The average molecular weight is 361 g/mol. The second-order valence-corrected chi connectivity index (χ2v) is 8.51. The molecule has 4 heterocycles. The van der Waals surface area contributed by atoms with E-state index in [2.05, 4.69) is 33.6 Å². The summed E-state index contributed by atoms with van der Waals surface area (Å²) in [4.78, 5) is 37.0. The zero-order chi connectivity index (χ0) is 17.7. The molecule has 2 aliphatic rings.